The van der Waals surface area contributed by atoms with Crippen LogP contribution in [0.2, 0.25) is 0 Å². The van der Waals surface area contributed by atoms with Crippen LogP contribution < -0.4 is 10.6 Å². The second-order valence-electron chi connectivity index (χ2n) is 6.19. The quantitative estimate of drug-likeness (QED) is 0.298. The molecule has 148 valence electrons. The molecule has 0 aliphatic heterocycles. The van der Waals surface area contributed by atoms with E-state index >= 15 is 0 Å². The third-order valence-corrected chi connectivity index (χ3v) is 4.12. The average Bonchev–Trinajstić information content (AvgIpc) is 3.19. The zero-order valence-corrected chi connectivity index (χ0v) is 18.1. The maximum absolute atomic E-state index is 13.7. The molecule has 2 aromatic carbocycles. The highest BCUT2D eigenvalue weighted by Gasteiger charge is 2.03. The van der Waals surface area contributed by atoms with Gasteiger partial charge in [-0.25, -0.2) is 14.4 Å². The third kappa shape index (κ3) is 6.63. The standard InChI is InChI=1S/C21H24FN5.HI/c1-2-24-21(26-14-19-5-3-4-6-20(19)22)25-13-17-7-9-18(10-8-17)15-27-12-11-23-16-27;/h3-12,16H,2,13-15H2,1H3,(H2,24,25,26);1H. The van der Waals surface area contributed by atoms with Crippen molar-refractivity contribution in [2.75, 3.05) is 6.54 Å². The minimum atomic E-state index is -0.214. The van der Waals surface area contributed by atoms with Crippen molar-refractivity contribution in [3.05, 3.63) is 89.8 Å². The molecule has 0 saturated heterocycles. The van der Waals surface area contributed by atoms with Gasteiger partial charge in [0.25, 0.3) is 0 Å². The van der Waals surface area contributed by atoms with Crippen molar-refractivity contribution in [3.63, 3.8) is 0 Å². The lowest BCUT2D eigenvalue weighted by Crippen LogP contribution is -2.37. The number of benzene rings is 2. The van der Waals surface area contributed by atoms with Crippen molar-refractivity contribution >= 4 is 29.9 Å². The third-order valence-electron chi connectivity index (χ3n) is 4.12. The zero-order valence-electron chi connectivity index (χ0n) is 15.8. The molecular weight excluding hydrogens is 468 g/mol. The van der Waals surface area contributed by atoms with Gasteiger partial charge in [0.2, 0.25) is 0 Å². The topological polar surface area (TPSA) is 54.2 Å². The van der Waals surface area contributed by atoms with Crippen molar-refractivity contribution in [2.24, 2.45) is 4.99 Å². The van der Waals surface area contributed by atoms with Crippen molar-refractivity contribution in [1.29, 1.82) is 0 Å². The molecule has 0 unspecified atom stereocenters. The molecule has 0 aliphatic carbocycles. The van der Waals surface area contributed by atoms with Crippen LogP contribution in [0.4, 0.5) is 4.39 Å². The number of halogens is 2. The Bertz CT molecular complexity index is 863. The molecule has 3 rings (SSSR count). The fourth-order valence-corrected chi connectivity index (χ4v) is 2.67. The van der Waals surface area contributed by atoms with E-state index in [2.05, 4.69) is 44.9 Å². The highest BCUT2D eigenvalue weighted by Crippen LogP contribution is 2.08. The lowest BCUT2D eigenvalue weighted by Gasteiger charge is -2.12. The summed E-state index contributed by atoms with van der Waals surface area (Å²) >= 11 is 0. The molecule has 0 radical (unpaired) electrons. The van der Waals surface area contributed by atoms with Crippen LogP contribution in [0, 0.1) is 5.82 Å². The summed E-state index contributed by atoms with van der Waals surface area (Å²) < 4.78 is 15.8. The van der Waals surface area contributed by atoms with E-state index in [0.29, 0.717) is 24.6 Å². The van der Waals surface area contributed by atoms with Crippen LogP contribution in [0.15, 0.2) is 72.2 Å². The molecule has 3 aromatic rings. The lowest BCUT2D eigenvalue weighted by molar-refractivity contribution is 0.604. The molecule has 0 bridgehead atoms. The van der Waals surface area contributed by atoms with Crippen LogP contribution in [0.3, 0.4) is 0 Å². The van der Waals surface area contributed by atoms with E-state index in [1.165, 1.54) is 11.6 Å². The first kappa shape index (κ1) is 21.9. The van der Waals surface area contributed by atoms with Crippen molar-refractivity contribution in [1.82, 2.24) is 20.2 Å². The Morgan fingerprint density at radius 2 is 1.82 bits per heavy atom. The van der Waals surface area contributed by atoms with E-state index < -0.39 is 0 Å². The number of hydrogen-bond acceptors (Lipinski definition) is 2. The number of nitrogens with one attached hydrogen (secondary N) is 2. The second-order valence-corrected chi connectivity index (χ2v) is 6.19. The predicted octanol–water partition coefficient (Wildman–Crippen LogP) is 3.94. The monoisotopic (exact) mass is 493 g/mol. The number of hydrogen-bond donors (Lipinski definition) is 2. The highest BCUT2D eigenvalue weighted by molar-refractivity contribution is 14.0. The van der Waals surface area contributed by atoms with Crippen molar-refractivity contribution in [3.8, 4) is 0 Å². The fraction of sp³-hybridized carbons (Fsp3) is 0.238. The second kappa shape index (κ2) is 11.4. The molecule has 1 aromatic heterocycles. The molecule has 0 fully saturated rings. The summed E-state index contributed by atoms with van der Waals surface area (Å²) in [6.45, 7) is 4.49. The molecule has 0 spiro atoms. The Labute approximate surface area is 182 Å². The first-order valence-electron chi connectivity index (χ1n) is 9.03. The normalized spacial score (nSPS) is 11.0. The van der Waals surface area contributed by atoms with E-state index in [0.717, 1.165) is 18.7 Å². The van der Waals surface area contributed by atoms with Gasteiger partial charge in [-0.15, -0.1) is 24.0 Å². The Hall–Kier alpha value is -2.42. The van der Waals surface area contributed by atoms with Crippen LogP contribution in [0.1, 0.15) is 23.6 Å². The molecule has 2 N–H and O–H groups in total. The molecule has 0 aliphatic rings. The van der Waals surface area contributed by atoms with Gasteiger partial charge in [0.1, 0.15) is 5.82 Å². The predicted molar refractivity (Wildman–Crippen MR) is 121 cm³/mol. The summed E-state index contributed by atoms with van der Waals surface area (Å²) in [5.41, 5.74) is 2.95. The summed E-state index contributed by atoms with van der Waals surface area (Å²) in [5.74, 6) is 0.456. The zero-order chi connectivity index (χ0) is 18.9. The van der Waals surface area contributed by atoms with Gasteiger partial charge in [-0.1, -0.05) is 42.5 Å². The number of aromatic nitrogens is 2. The number of rotatable bonds is 7. The van der Waals surface area contributed by atoms with E-state index in [1.807, 2.05) is 30.1 Å². The van der Waals surface area contributed by atoms with Crippen LogP contribution in [-0.2, 0) is 19.6 Å². The van der Waals surface area contributed by atoms with Gasteiger partial charge in [-0.05, 0) is 24.1 Å². The summed E-state index contributed by atoms with van der Waals surface area (Å²) in [6.07, 6.45) is 5.53. The minimum absolute atomic E-state index is 0. The van der Waals surface area contributed by atoms with Gasteiger partial charge in [0, 0.05) is 37.6 Å². The number of nitrogens with zero attached hydrogens (tertiary/aromatic N) is 3. The summed E-state index contributed by atoms with van der Waals surface area (Å²) in [6, 6.07) is 15.1. The van der Waals surface area contributed by atoms with Gasteiger partial charge < -0.3 is 15.2 Å². The molecule has 28 heavy (non-hydrogen) atoms. The van der Waals surface area contributed by atoms with Crippen LogP contribution >= 0.6 is 24.0 Å². The van der Waals surface area contributed by atoms with Crippen molar-refractivity contribution < 1.29 is 4.39 Å². The van der Waals surface area contributed by atoms with Gasteiger partial charge in [0.15, 0.2) is 5.96 Å². The number of aliphatic imine (C=N–C) groups is 1. The average molecular weight is 493 g/mol. The highest BCUT2D eigenvalue weighted by atomic mass is 127. The van der Waals surface area contributed by atoms with E-state index in [4.69, 9.17) is 0 Å². The molecule has 5 nitrogen and oxygen atoms in total. The maximum atomic E-state index is 13.7. The lowest BCUT2D eigenvalue weighted by atomic mass is 10.1. The number of imidazole rings is 1. The van der Waals surface area contributed by atoms with Gasteiger partial charge in [-0.3, -0.25) is 0 Å². The van der Waals surface area contributed by atoms with E-state index in [9.17, 15) is 4.39 Å². The van der Waals surface area contributed by atoms with E-state index in [1.54, 1.807) is 18.3 Å². The smallest absolute Gasteiger partial charge is 0.191 e. The van der Waals surface area contributed by atoms with Gasteiger partial charge in [-0.2, -0.15) is 0 Å². The SMILES string of the molecule is CCNC(=NCc1ccc(Cn2ccnc2)cc1)NCc1ccccc1F.I. The summed E-state index contributed by atoms with van der Waals surface area (Å²) in [4.78, 5) is 8.65. The van der Waals surface area contributed by atoms with Gasteiger partial charge in [0.05, 0.1) is 12.9 Å². The summed E-state index contributed by atoms with van der Waals surface area (Å²) in [5, 5.41) is 6.37. The first-order valence-corrected chi connectivity index (χ1v) is 9.03. The Morgan fingerprint density at radius 1 is 1.07 bits per heavy atom. The van der Waals surface area contributed by atoms with Crippen LogP contribution in [-0.4, -0.2) is 22.1 Å². The van der Waals surface area contributed by atoms with Crippen molar-refractivity contribution in [2.45, 2.75) is 26.6 Å². The largest absolute Gasteiger partial charge is 0.357 e. The Morgan fingerprint density at radius 3 is 2.50 bits per heavy atom. The first-order chi connectivity index (χ1) is 13.2. The fourth-order valence-electron chi connectivity index (χ4n) is 2.67. The molecular formula is C21H25FIN5. The van der Waals surface area contributed by atoms with Crippen LogP contribution in [0.25, 0.3) is 0 Å². The Balaban J connectivity index is 0.00000280. The van der Waals surface area contributed by atoms with Gasteiger partial charge >= 0.3 is 0 Å². The summed E-state index contributed by atoms with van der Waals surface area (Å²) in [7, 11) is 0. The molecule has 1 heterocycles. The Kier molecular flexibility index (Phi) is 8.93. The molecule has 0 atom stereocenters. The molecule has 7 heteroatoms. The molecule has 0 amide bonds. The van der Waals surface area contributed by atoms with Crippen LogP contribution in [0.5, 0.6) is 0 Å². The number of guanidine groups is 1. The molecule has 0 saturated carbocycles. The van der Waals surface area contributed by atoms with E-state index in [-0.39, 0.29) is 29.8 Å². The maximum Gasteiger partial charge on any atom is 0.191 e. The minimum Gasteiger partial charge on any atom is -0.357 e.